The average molecular weight is 269 g/mol. The minimum atomic E-state index is 0.804. The molecule has 2 aromatic rings. The third kappa shape index (κ3) is 4.42. The number of nitrogens with two attached hydrogens (primary N) is 1. The fraction of sp³-hybridized carbons (Fsp3) is 0.412. The molecule has 0 radical (unpaired) electrons. The molecule has 0 aliphatic heterocycles. The summed E-state index contributed by atoms with van der Waals surface area (Å²) < 4.78 is 0. The van der Waals surface area contributed by atoms with Crippen LogP contribution in [0.4, 0.5) is 0 Å². The van der Waals surface area contributed by atoms with E-state index in [2.05, 4.69) is 35.1 Å². The maximum atomic E-state index is 5.50. The Kier molecular flexibility index (Phi) is 5.69. The van der Waals surface area contributed by atoms with Crippen LogP contribution >= 0.6 is 0 Å². The number of hydrogen-bond donors (Lipinski definition) is 1. The van der Waals surface area contributed by atoms with Crippen LogP contribution in [0.25, 0.3) is 11.4 Å². The lowest BCUT2D eigenvalue weighted by atomic mass is 10.1. The van der Waals surface area contributed by atoms with Gasteiger partial charge in [-0.15, -0.1) is 0 Å². The SMILES string of the molecule is Cc1ccnc(-c2cc(CCCCCCN)ccn2)c1. The van der Waals surface area contributed by atoms with E-state index in [1.807, 2.05) is 18.5 Å². The molecule has 2 heterocycles. The molecule has 0 bridgehead atoms. The lowest BCUT2D eigenvalue weighted by Crippen LogP contribution is -1.98. The van der Waals surface area contributed by atoms with Gasteiger partial charge in [0.05, 0.1) is 11.4 Å². The predicted molar refractivity (Wildman–Crippen MR) is 83.4 cm³/mol. The molecule has 0 unspecified atom stereocenters. The summed E-state index contributed by atoms with van der Waals surface area (Å²) in [5.74, 6) is 0. The number of hydrogen-bond acceptors (Lipinski definition) is 3. The summed E-state index contributed by atoms with van der Waals surface area (Å²) in [6, 6.07) is 8.34. The second kappa shape index (κ2) is 7.75. The molecule has 3 nitrogen and oxygen atoms in total. The highest BCUT2D eigenvalue weighted by Crippen LogP contribution is 2.17. The van der Waals surface area contributed by atoms with Crippen molar-refractivity contribution in [1.29, 1.82) is 0 Å². The van der Waals surface area contributed by atoms with Crippen molar-refractivity contribution < 1.29 is 0 Å². The highest BCUT2D eigenvalue weighted by Gasteiger charge is 2.02. The third-order valence-corrected chi connectivity index (χ3v) is 3.42. The molecule has 0 aliphatic carbocycles. The number of nitrogens with zero attached hydrogens (tertiary/aromatic N) is 2. The van der Waals surface area contributed by atoms with E-state index >= 15 is 0 Å². The first-order valence-corrected chi connectivity index (χ1v) is 7.37. The maximum Gasteiger partial charge on any atom is 0.0888 e. The van der Waals surface area contributed by atoms with Crippen LogP contribution in [-0.4, -0.2) is 16.5 Å². The summed E-state index contributed by atoms with van der Waals surface area (Å²) in [5, 5.41) is 0. The highest BCUT2D eigenvalue weighted by molar-refractivity contribution is 5.55. The van der Waals surface area contributed by atoms with E-state index in [9.17, 15) is 0 Å². The summed E-state index contributed by atoms with van der Waals surface area (Å²) in [5.41, 5.74) is 9.97. The molecule has 2 rings (SSSR count). The zero-order valence-corrected chi connectivity index (χ0v) is 12.2. The minimum absolute atomic E-state index is 0.804. The second-order valence-corrected chi connectivity index (χ2v) is 5.22. The van der Waals surface area contributed by atoms with Crippen molar-refractivity contribution in [2.45, 2.75) is 39.0 Å². The first-order chi connectivity index (χ1) is 9.79. The number of rotatable bonds is 7. The standard InChI is InChI=1S/C17H23N3/c1-14-7-10-19-16(12-14)17-13-15(8-11-20-17)6-4-2-3-5-9-18/h7-8,10-13H,2-6,9,18H2,1H3. The van der Waals surface area contributed by atoms with Gasteiger partial charge in [0.2, 0.25) is 0 Å². The van der Waals surface area contributed by atoms with Gasteiger partial charge < -0.3 is 5.73 Å². The van der Waals surface area contributed by atoms with Crippen LogP contribution in [0.2, 0.25) is 0 Å². The van der Waals surface area contributed by atoms with Gasteiger partial charge in [-0.1, -0.05) is 12.8 Å². The quantitative estimate of drug-likeness (QED) is 0.782. The first kappa shape index (κ1) is 14.7. The van der Waals surface area contributed by atoms with Crippen LogP contribution in [0.1, 0.15) is 36.8 Å². The van der Waals surface area contributed by atoms with Gasteiger partial charge in [0.25, 0.3) is 0 Å². The third-order valence-electron chi connectivity index (χ3n) is 3.42. The normalized spacial score (nSPS) is 10.7. The molecule has 106 valence electrons. The van der Waals surface area contributed by atoms with E-state index < -0.39 is 0 Å². The molecule has 0 aromatic carbocycles. The van der Waals surface area contributed by atoms with Crippen LogP contribution < -0.4 is 5.73 Å². The molecule has 0 saturated heterocycles. The Bertz CT molecular complexity index is 537. The van der Waals surface area contributed by atoms with E-state index in [1.165, 1.54) is 30.4 Å². The van der Waals surface area contributed by atoms with Gasteiger partial charge in [-0.05, 0) is 68.1 Å². The Balaban J connectivity index is 1.97. The number of aryl methyl sites for hydroxylation is 2. The van der Waals surface area contributed by atoms with Crippen LogP contribution in [-0.2, 0) is 6.42 Å². The highest BCUT2D eigenvalue weighted by atomic mass is 14.8. The molecule has 2 N–H and O–H groups in total. The van der Waals surface area contributed by atoms with E-state index in [0.717, 1.165) is 30.8 Å². The smallest absolute Gasteiger partial charge is 0.0888 e. The van der Waals surface area contributed by atoms with Crippen molar-refractivity contribution in [2.24, 2.45) is 5.73 Å². The maximum absolute atomic E-state index is 5.50. The largest absolute Gasteiger partial charge is 0.330 e. The zero-order valence-electron chi connectivity index (χ0n) is 12.2. The monoisotopic (exact) mass is 269 g/mol. The van der Waals surface area contributed by atoms with Crippen molar-refractivity contribution in [3.05, 3.63) is 47.8 Å². The van der Waals surface area contributed by atoms with Gasteiger partial charge in [0.15, 0.2) is 0 Å². The van der Waals surface area contributed by atoms with Gasteiger partial charge in [-0.25, -0.2) is 0 Å². The number of unbranched alkanes of at least 4 members (excludes halogenated alkanes) is 3. The zero-order chi connectivity index (χ0) is 14.2. The Morgan fingerprint density at radius 2 is 1.60 bits per heavy atom. The van der Waals surface area contributed by atoms with E-state index in [0.29, 0.717) is 0 Å². The number of aromatic nitrogens is 2. The van der Waals surface area contributed by atoms with Crippen molar-refractivity contribution in [2.75, 3.05) is 6.54 Å². The van der Waals surface area contributed by atoms with E-state index in [1.54, 1.807) is 0 Å². The Labute approximate surface area is 121 Å². The molecular formula is C17H23N3. The van der Waals surface area contributed by atoms with Crippen molar-refractivity contribution in [3.8, 4) is 11.4 Å². The minimum Gasteiger partial charge on any atom is -0.330 e. The van der Waals surface area contributed by atoms with Gasteiger partial charge in [0, 0.05) is 12.4 Å². The summed E-state index contributed by atoms with van der Waals surface area (Å²) in [4.78, 5) is 8.82. The molecule has 20 heavy (non-hydrogen) atoms. The fourth-order valence-electron chi connectivity index (χ4n) is 2.27. The Hall–Kier alpha value is -1.74. The topological polar surface area (TPSA) is 51.8 Å². The molecule has 0 saturated carbocycles. The van der Waals surface area contributed by atoms with Gasteiger partial charge in [-0.3, -0.25) is 9.97 Å². The van der Waals surface area contributed by atoms with Crippen LogP contribution in [0.5, 0.6) is 0 Å². The van der Waals surface area contributed by atoms with E-state index in [-0.39, 0.29) is 0 Å². The fourth-order valence-corrected chi connectivity index (χ4v) is 2.27. The number of pyridine rings is 2. The summed E-state index contributed by atoms with van der Waals surface area (Å²) >= 11 is 0. The van der Waals surface area contributed by atoms with Crippen molar-refractivity contribution in [1.82, 2.24) is 9.97 Å². The van der Waals surface area contributed by atoms with Crippen LogP contribution in [0.3, 0.4) is 0 Å². The first-order valence-electron chi connectivity index (χ1n) is 7.37. The average Bonchev–Trinajstić information content (AvgIpc) is 2.47. The molecule has 2 aromatic heterocycles. The molecule has 0 fully saturated rings. The van der Waals surface area contributed by atoms with Crippen molar-refractivity contribution in [3.63, 3.8) is 0 Å². The molecule has 0 amide bonds. The Morgan fingerprint density at radius 3 is 2.35 bits per heavy atom. The molecule has 0 aliphatic rings. The lowest BCUT2D eigenvalue weighted by Gasteiger charge is -2.05. The molecular weight excluding hydrogens is 246 g/mol. The van der Waals surface area contributed by atoms with Crippen LogP contribution in [0, 0.1) is 6.92 Å². The summed E-state index contributed by atoms with van der Waals surface area (Å²) in [6.07, 6.45) is 9.65. The molecule has 0 spiro atoms. The van der Waals surface area contributed by atoms with Crippen LogP contribution in [0.15, 0.2) is 36.7 Å². The van der Waals surface area contributed by atoms with E-state index in [4.69, 9.17) is 5.73 Å². The second-order valence-electron chi connectivity index (χ2n) is 5.22. The van der Waals surface area contributed by atoms with Gasteiger partial charge >= 0.3 is 0 Å². The molecule has 0 atom stereocenters. The lowest BCUT2D eigenvalue weighted by molar-refractivity contribution is 0.646. The predicted octanol–water partition coefficient (Wildman–Crippen LogP) is 3.51. The van der Waals surface area contributed by atoms with Crippen molar-refractivity contribution >= 4 is 0 Å². The summed E-state index contributed by atoms with van der Waals surface area (Å²) in [7, 11) is 0. The van der Waals surface area contributed by atoms with Gasteiger partial charge in [0.1, 0.15) is 0 Å². The molecule has 3 heteroatoms. The van der Waals surface area contributed by atoms with Gasteiger partial charge in [-0.2, -0.15) is 0 Å². The summed E-state index contributed by atoms with van der Waals surface area (Å²) in [6.45, 7) is 2.88. The Morgan fingerprint density at radius 1 is 0.900 bits per heavy atom.